The fourth-order valence-corrected chi connectivity index (χ4v) is 1.87. The van der Waals surface area contributed by atoms with Crippen molar-refractivity contribution in [3.05, 3.63) is 0 Å². The summed E-state index contributed by atoms with van der Waals surface area (Å²) in [6.07, 6.45) is 2.67. The van der Waals surface area contributed by atoms with Crippen LogP contribution < -0.4 is 0 Å². The molecule has 1 fully saturated rings. The van der Waals surface area contributed by atoms with Crippen molar-refractivity contribution in [1.29, 1.82) is 0 Å². The lowest BCUT2D eigenvalue weighted by molar-refractivity contribution is 0.0990. The third-order valence-electron chi connectivity index (χ3n) is 2.77. The Morgan fingerprint density at radius 1 is 1.33 bits per heavy atom. The Hall–Kier alpha value is -0.0800. The fourth-order valence-electron chi connectivity index (χ4n) is 1.87. The van der Waals surface area contributed by atoms with Crippen molar-refractivity contribution in [3.8, 4) is 0 Å². The van der Waals surface area contributed by atoms with Crippen molar-refractivity contribution in [2.45, 2.75) is 32.7 Å². The Morgan fingerprint density at radius 2 is 2.08 bits per heavy atom. The van der Waals surface area contributed by atoms with E-state index in [4.69, 9.17) is 0 Å². The third-order valence-corrected chi connectivity index (χ3v) is 2.77. The van der Waals surface area contributed by atoms with Crippen LogP contribution in [0.3, 0.4) is 0 Å². The summed E-state index contributed by atoms with van der Waals surface area (Å²) >= 11 is 0. The number of hydrogen-bond acceptors (Lipinski definition) is 2. The standard InChI is InChI=1S/C10H22N2/c1-4-5-6-12-8-7-11(3)9-10(12)2/h10H,4-9H2,1-3H3. The maximum atomic E-state index is 2.61. The van der Waals surface area contributed by atoms with E-state index in [0.29, 0.717) is 0 Å². The second kappa shape index (κ2) is 4.83. The zero-order valence-corrected chi connectivity index (χ0v) is 8.71. The van der Waals surface area contributed by atoms with Gasteiger partial charge in [-0.2, -0.15) is 0 Å². The molecule has 1 saturated heterocycles. The number of unbranched alkanes of at least 4 members (excludes halogenated alkanes) is 1. The highest BCUT2D eigenvalue weighted by Crippen LogP contribution is 2.08. The van der Waals surface area contributed by atoms with Gasteiger partial charge in [0.2, 0.25) is 0 Å². The molecule has 1 rings (SSSR count). The highest BCUT2D eigenvalue weighted by molar-refractivity contribution is 4.76. The zero-order chi connectivity index (χ0) is 8.97. The molecule has 0 aromatic carbocycles. The van der Waals surface area contributed by atoms with E-state index < -0.39 is 0 Å². The minimum Gasteiger partial charge on any atom is -0.304 e. The van der Waals surface area contributed by atoms with E-state index in [9.17, 15) is 0 Å². The van der Waals surface area contributed by atoms with Crippen LogP contribution in [0.2, 0.25) is 0 Å². The van der Waals surface area contributed by atoms with E-state index in [1.807, 2.05) is 0 Å². The molecular weight excluding hydrogens is 148 g/mol. The summed E-state index contributed by atoms with van der Waals surface area (Å²) in [6.45, 7) is 9.65. The van der Waals surface area contributed by atoms with Gasteiger partial charge in [-0.3, -0.25) is 4.90 Å². The first-order chi connectivity index (χ1) is 5.74. The quantitative estimate of drug-likeness (QED) is 0.632. The van der Waals surface area contributed by atoms with Gasteiger partial charge in [0.25, 0.3) is 0 Å². The second-order valence-electron chi connectivity index (χ2n) is 4.00. The second-order valence-corrected chi connectivity index (χ2v) is 4.00. The smallest absolute Gasteiger partial charge is 0.0195 e. The number of rotatable bonds is 3. The first kappa shape index (κ1) is 10.0. The average Bonchev–Trinajstić information content (AvgIpc) is 2.03. The van der Waals surface area contributed by atoms with Gasteiger partial charge in [-0.15, -0.1) is 0 Å². The van der Waals surface area contributed by atoms with Crippen LogP contribution >= 0.6 is 0 Å². The summed E-state index contributed by atoms with van der Waals surface area (Å²) in [5.41, 5.74) is 0. The van der Waals surface area contributed by atoms with Crippen LogP contribution in [0.5, 0.6) is 0 Å². The molecule has 0 radical (unpaired) electrons. The molecule has 1 aliphatic heterocycles. The molecule has 0 aliphatic carbocycles. The van der Waals surface area contributed by atoms with Crippen molar-refractivity contribution in [2.75, 3.05) is 33.2 Å². The van der Waals surface area contributed by atoms with Gasteiger partial charge >= 0.3 is 0 Å². The van der Waals surface area contributed by atoms with E-state index in [2.05, 4.69) is 30.7 Å². The number of piperazine rings is 1. The molecule has 2 nitrogen and oxygen atoms in total. The van der Waals surface area contributed by atoms with E-state index in [-0.39, 0.29) is 0 Å². The number of hydrogen-bond donors (Lipinski definition) is 0. The summed E-state index contributed by atoms with van der Waals surface area (Å²) in [7, 11) is 2.22. The minimum atomic E-state index is 0.760. The van der Waals surface area contributed by atoms with E-state index in [1.54, 1.807) is 0 Å². The van der Waals surface area contributed by atoms with Gasteiger partial charge in [0.05, 0.1) is 0 Å². The molecule has 0 saturated carbocycles. The lowest BCUT2D eigenvalue weighted by Gasteiger charge is -2.38. The SMILES string of the molecule is CCCCN1CCN(C)CC1C. The predicted molar refractivity (Wildman–Crippen MR) is 53.4 cm³/mol. The molecule has 1 unspecified atom stereocenters. The summed E-state index contributed by atoms with van der Waals surface area (Å²) in [4.78, 5) is 5.04. The van der Waals surface area contributed by atoms with Crippen LogP contribution in [0.25, 0.3) is 0 Å². The largest absolute Gasteiger partial charge is 0.304 e. The van der Waals surface area contributed by atoms with Gasteiger partial charge < -0.3 is 4.90 Å². The van der Waals surface area contributed by atoms with E-state index in [1.165, 1.54) is 39.0 Å². The Bertz CT molecular complexity index is 123. The van der Waals surface area contributed by atoms with Gasteiger partial charge in [0.1, 0.15) is 0 Å². The summed E-state index contributed by atoms with van der Waals surface area (Å²) in [6, 6.07) is 0.760. The maximum Gasteiger partial charge on any atom is 0.0195 e. The first-order valence-corrected chi connectivity index (χ1v) is 5.16. The van der Waals surface area contributed by atoms with E-state index >= 15 is 0 Å². The maximum absolute atomic E-state index is 2.61. The summed E-state index contributed by atoms with van der Waals surface area (Å²) < 4.78 is 0. The molecule has 0 amide bonds. The molecule has 1 aliphatic rings. The van der Waals surface area contributed by atoms with Crippen molar-refractivity contribution >= 4 is 0 Å². The predicted octanol–water partition coefficient (Wildman–Crippen LogP) is 1.42. The summed E-state index contributed by atoms with van der Waals surface area (Å²) in [5, 5.41) is 0. The zero-order valence-electron chi connectivity index (χ0n) is 8.71. The molecule has 0 aromatic heterocycles. The van der Waals surface area contributed by atoms with Crippen molar-refractivity contribution in [2.24, 2.45) is 0 Å². The minimum absolute atomic E-state index is 0.760. The van der Waals surface area contributed by atoms with Crippen LogP contribution in [-0.4, -0.2) is 49.1 Å². The topological polar surface area (TPSA) is 6.48 Å². The highest BCUT2D eigenvalue weighted by atomic mass is 15.3. The average molecular weight is 170 g/mol. The summed E-state index contributed by atoms with van der Waals surface area (Å²) in [5.74, 6) is 0. The lowest BCUT2D eigenvalue weighted by atomic mass is 10.2. The van der Waals surface area contributed by atoms with Crippen molar-refractivity contribution < 1.29 is 0 Å². The van der Waals surface area contributed by atoms with Crippen LogP contribution in [0.4, 0.5) is 0 Å². The van der Waals surface area contributed by atoms with Gasteiger partial charge in [-0.05, 0) is 26.9 Å². The van der Waals surface area contributed by atoms with Crippen LogP contribution in [0, 0.1) is 0 Å². The van der Waals surface area contributed by atoms with Gasteiger partial charge in [0, 0.05) is 25.7 Å². The fraction of sp³-hybridized carbons (Fsp3) is 1.00. The normalized spacial score (nSPS) is 27.8. The number of likely N-dealkylation sites (N-methyl/N-ethyl adjacent to an activating group) is 1. The molecular formula is C10H22N2. The van der Waals surface area contributed by atoms with Crippen LogP contribution in [-0.2, 0) is 0 Å². The monoisotopic (exact) mass is 170 g/mol. The first-order valence-electron chi connectivity index (χ1n) is 5.16. The highest BCUT2D eigenvalue weighted by Gasteiger charge is 2.19. The van der Waals surface area contributed by atoms with Crippen molar-refractivity contribution in [3.63, 3.8) is 0 Å². The third kappa shape index (κ3) is 2.76. The Morgan fingerprint density at radius 3 is 2.67 bits per heavy atom. The molecule has 0 aromatic rings. The molecule has 0 bridgehead atoms. The molecule has 72 valence electrons. The van der Waals surface area contributed by atoms with E-state index in [0.717, 1.165) is 6.04 Å². The molecule has 0 N–H and O–H groups in total. The van der Waals surface area contributed by atoms with Gasteiger partial charge in [-0.25, -0.2) is 0 Å². The van der Waals surface area contributed by atoms with Gasteiger partial charge in [0.15, 0.2) is 0 Å². The lowest BCUT2D eigenvalue weighted by Crippen LogP contribution is -2.50. The molecule has 1 heterocycles. The number of nitrogens with zero attached hydrogens (tertiary/aromatic N) is 2. The van der Waals surface area contributed by atoms with Gasteiger partial charge in [-0.1, -0.05) is 13.3 Å². The Labute approximate surface area is 76.5 Å². The molecule has 2 heteroatoms. The Balaban J connectivity index is 2.25. The Kier molecular flexibility index (Phi) is 4.02. The van der Waals surface area contributed by atoms with Crippen LogP contribution in [0.15, 0.2) is 0 Å². The molecule has 0 spiro atoms. The molecule has 12 heavy (non-hydrogen) atoms. The van der Waals surface area contributed by atoms with Crippen LogP contribution in [0.1, 0.15) is 26.7 Å². The van der Waals surface area contributed by atoms with Crippen molar-refractivity contribution in [1.82, 2.24) is 9.80 Å². The molecule has 1 atom stereocenters.